The molecule has 0 spiro atoms. The van der Waals surface area contributed by atoms with Gasteiger partial charge in [0, 0.05) is 24.2 Å². The Morgan fingerprint density at radius 1 is 0.875 bits per heavy atom. The lowest BCUT2D eigenvalue weighted by Crippen LogP contribution is -2.48. The van der Waals surface area contributed by atoms with Gasteiger partial charge in [-0.15, -0.1) is 0 Å². The SMILES string of the molecule is C[C@@H]1CN(C(=O)c2ccccc2C(=O)c2ccccc2)C[C@@H](C)O1. The fourth-order valence-electron chi connectivity index (χ4n) is 3.13. The summed E-state index contributed by atoms with van der Waals surface area (Å²) in [6.07, 6.45) is -0.00984. The van der Waals surface area contributed by atoms with Crippen molar-refractivity contribution in [3.63, 3.8) is 0 Å². The number of morpholine rings is 1. The molecule has 4 heteroatoms. The Balaban J connectivity index is 1.92. The number of ether oxygens (including phenoxy) is 1. The molecule has 4 nitrogen and oxygen atoms in total. The highest BCUT2D eigenvalue weighted by atomic mass is 16.5. The second-order valence-corrected chi connectivity index (χ2v) is 6.21. The first-order valence-electron chi connectivity index (χ1n) is 8.19. The van der Waals surface area contributed by atoms with E-state index >= 15 is 0 Å². The normalized spacial score (nSPS) is 20.7. The van der Waals surface area contributed by atoms with Gasteiger partial charge < -0.3 is 9.64 Å². The van der Waals surface area contributed by atoms with Gasteiger partial charge >= 0.3 is 0 Å². The molecule has 0 bridgehead atoms. The fraction of sp³-hybridized carbons (Fsp3) is 0.300. The standard InChI is InChI=1S/C20H21NO3/c1-14-12-21(13-15(2)24-14)20(23)18-11-7-6-10-17(18)19(22)16-8-4-3-5-9-16/h3-11,14-15H,12-13H2,1-2H3/t14-,15-/m1/s1. The van der Waals surface area contributed by atoms with Crippen LogP contribution in [0.3, 0.4) is 0 Å². The molecule has 2 aromatic rings. The van der Waals surface area contributed by atoms with Crippen LogP contribution < -0.4 is 0 Å². The molecule has 2 atom stereocenters. The Morgan fingerprint density at radius 2 is 1.42 bits per heavy atom. The van der Waals surface area contributed by atoms with Crippen LogP contribution >= 0.6 is 0 Å². The van der Waals surface area contributed by atoms with E-state index < -0.39 is 0 Å². The van der Waals surface area contributed by atoms with E-state index in [1.165, 1.54) is 0 Å². The highest BCUT2D eigenvalue weighted by Gasteiger charge is 2.28. The maximum absolute atomic E-state index is 13.0. The van der Waals surface area contributed by atoms with Gasteiger partial charge in [-0.3, -0.25) is 9.59 Å². The highest BCUT2D eigenvalue weighted by molar-refractivity contribution is 6.15. The number of carbonyl (C=O) groups excluding carboxylic acids is 2. The summed E-state index contributed by atoms with van der Waals surface area (Å²) in [6, 6.07) is 16.1. The molecule has 3 rings (SSSR count). The van der Waals surface area contributed by atoms with E-state index in [1.54, 1.807) is 41.3 Å². The Labute approximate surface area is 142 Å². The van der Waals surface area contributed by atoms with Gasteiger partial charge in [-0.05, 0) is 19.9 Å². The van der Waals surface area contributed by atoms with Crippen molar-refractivity contribution in [3.8, 4) is 0 Å². The van der Waals surface area contributed by atoms with Crippen LogP contribution in [0, 0.1) is 0 Å². The van der Waals surface area contributed by atoms with Crippen molar-refractivity contribution in [1.82, 2.24) is 4.90 Å². The summed E-state index contributed by atoms with van der Waals surface area (Å²) in [5.74, 6) is -0.245. The summed E-state index contributed by atoms with van der Waals surface area (Å²) >= 11 is 0. The number of carbonyl (C=O) groups is 2. The minimum absolute atomic E-state index is 0.00492. The van der Waals surface area contributed by atoms with Crippen LogP contribution in [0.15, 0.2) is 54.6 Å². The second-order valence-electron chi connectivity index (χ2n) is 6.21. The van der Waals surface area contributed by atoms with E-state index in [-0.39, 0.29) is 23.9 Å². The van der Waals surface area contributed by atoms with Crippen LogP contribution in [-0.2, 0) is 4.74 Å². The smallest absolute Gasteiger partial charge is 0.254 e. The van der Waals surface area contributed by atoms with E-state index in [2.05, 4.69) is 0 Å². The van der Waals surface area contributed by atoms with Crippen molar-refractivity contribution in [2.45, 2.75) is 26.1 Å². The Kier molecular flexibility index (Phi) is 4.76. The van der Waals surface area contributed by atoms with Crippen molar-refractivity contribution < 1.29 is 14.3 Å². The maximum atomic E-state index is 13.0. The van der Waals surface area contributed by atoms with Crippen LogP contribution in [-0.4, -0.2) is 41.9 Å². The maximum Gasteiger partial charge on any atom is 0.254 e. The third-order valence-corrected chi connectivity index (χ3v) is 4.14. The van der Waals surface area contributed by atoms with Crippen molar-refractivity contribution in [1.29, 1.82) is 0 Å². The highest BCUT2D eigenvalue weighted by Crippen LogP contribution is 2.19. The minimum Gasteiger partial charge on any atom is -0.372 e. The predicted octanol–water partition coefficient (Wildman–Crippen LogP) is 3.17. The molecular weight excluding hydrogens is 302 g/mol. The lowest BCUT2D eigenvalue weighted by atomic mass is 9.97. The molecule has 1 saturated heterocycles. The average Bonchev–Trinajstić information content (AvgIpc) is 2.60. The lowest BCUT2D eigenvalue weighted by Gasteiger charge is -2.35. The van der Waals surface area contributed by atoms with E-state index in [1.807, 2.05) is 32.0 Å². The van der Waals surface area contributed by atoms with Crippen LogP contribution in [0.5, 0.6) is 0 Å². The molecule has 124 valence electrons. The molecule has 1 heterocycles. The zero-order valence-electron chi connectivity index (χ0n) is 13.9. The number of nitrogens with zero attached hydrogens (tertiary/aromatic N) is 1. The van der Waals surface area contributed by atoms with Gasteiger partial charge in [0.05, 0.1) is 17.8 Å². The Hall–Kier alpha value is -2.46. The van der Waals surface area contributed by atoms with Crippen molar-refractivity contribution >= 4 is 11.7 Å². The van der Waals surface area contributed by atoms with Crippen molar-refractivity contribution in [3.05, 3.63) is 71.3 Å². The first kappa shape index (κ1) is 16.4. The summed E-state index contributed by atoms with van der Waals surface area (Å²) in [5.41, 5.74) is 1.48. The van der Waals surface area contributed by atoms with Crippen molar-refractivity contribution in [2.75, 3.05) is 13.1 Å². The lowest BCUT2D eigenvalue weighted by molar-refractivity contribution is -0.0586. The first-order valence-corrected chi connectivity index (χ1v) is 8.19. The van der Waals surface area contributed by atoms with Gasteiger partial charge in [0.1, 0.15) is 0 Å². The molecule has 0 unspecified atom stereocenters. The molecular formula is C20H21NO3. The van der Waals surface area contributed by atoms with Gasteiger partial charge in [-0.25, -0.2) is 0 Å². The number of hydrogen-bond donors (Lipinski definition) is 0. The van der Waals surface area contributed by atoms with Crippen LogP contribution in [0.25, 0.3) is 0 Å². The molecule has 0 radical (unpaired) electrons. The third kappa shape index (κ3) is 3.39. The predicted molar refractivity (Wildman–Crippen MR) is 92.2 cm³/mol. The zero-order chi connectivity index (χ0) is 17.1. The van der Waals surface area contributed by atoms with E-state index in [9.17, 15) is 9.59 Å². The monoisotopic (exact) mass is 323 g/mol. The van der Waals surface area contributed by atoms with E-state index in [0.717, 1.165) is 0 Å². The van der Waals surface area contributed by atoms with Crippen LogP contribution in [0.1, 0.15) is 40.1 Å². The molecule has 1 aliphatic heterocycles. The fourth-order valence-corrected chi connectivity index (χ4v) is 3.13. The summed E-state index contributed by atoms with van der Waals surface area (Å²) in [5, 5.41) is 0. The van der Waals surface area contributed by atoms with Gasteiger partial charge in [-0.1, -0.05) is 48.5 Å². The average molecular weight is 323 g/mol. The number of rotatable bonds is 3. The number of ketones is 1. The molecule has 24 heavy (non-hydrogen) atoms. The van der Waals surface area contributed by atoms with Gasteiger partial charge in [0.25, 0.3) is 5.91 Å². The third-order valence-electron chi connectivity index (χ3n) is 4.14. The van der Waals surface area contributed by atoms with Crippen LogP contribution in [0.4, 0.5) is 0 Å². The molecule has 0 N–H and O–H groups in total. The number of hydrogen-bond acceptors (Lipinski definition) is 3. The topological polar surface area (TPSA) is 46.6 Å². The number of benzene rings is 2. The summed E-state index contributed by atoms with van der Waals surface area (Å²) in [7, 11) is 0. The molecule has 1 aliphatic rings. The molecule has 1 fully saturated rings. The summed E-state index contributed by atoms with van der Waals surface area (Å²) in [4.78, 5) is 27.5. The van der Waals surface area contributed by atoms with Gasteiger partial charge in [0.15, 0.2) is 5.78 Å². The van der Waals surface area contributed by atoms with E-state index in [0.29, 0.717) is 29.8 Å². The molecule has 0 saturated carbocycles. The summed E-state index contributed by atoms with van der Waals surface area (Å²) < 4.78 is 5.69. The van der Waals surface area contributed by atoms with Crippen LogP contribution in [0.2, 0.25) is 0 Å². The van der Waals surface area contributed by atoms with Gasteiger partial charge in [0.2, 0.25) is 0 Å². The minimum atomic E-state index is -0.131. The van der Waals surface area contributed by atoms with Gasteiger partial charge in [-0.2, -0.15) is 0 Å². The Morgan fingerprint density at radius 3 is 2.04 bits per heavy atom. The Bertz CT molecular complexity index is 732. The number of amides is 1. The molecule has 0 aliphatic carbocycles. The quantitative estimate of drug-likeness (QED) is 0.815. The summed E-state index contributed by atoms with van der Waals surface area (Å²) in [6.45, 7) is 4.99. The zero-order valence-corrected chi connectivity index (χ0v) is 13.9. The largest absolute Gasteiger partial charge is 0.372 e. The first-order chi connectivity index (χ1) is 11.6. The van der Waals surface area contributed by atoms with Crippen molar-refractivity contribution in [2.24, 2.45) is 0 Å². The second kappa shape index (κ2) is 6.97. The molecule has 1 amide bonds. The van der Waals surface area contributed by atoms with E-state index in [4.69, 9.17) is 4.74 Å². The molecule has 0 aromatic heterocycles. The molecule has 2 aromatic carbocycles.